The Morgan fingerprint density at radius 1 is 1.27 bits per heavy atom. The van der Waals surface area contributed by atoms with Crippen LogP contribution in [0.2, 0.25) is 5.02 Å². The van der Waals surface area contributed by atoms with Gasteiger partial charge in [-0.25, -0.2) is 4.98 Å². The SMILES string of the molecule is Cc1nc(C2(O)CCCN(CC3=CCCOC3)CC2)sc1COc1ccc(Cl)cc1. The molecule has 0 saturated carbocycles. The molecule has 2 aliphatic rings. The first-order valence-electron chi connectivity index (χ1n) is 10.6. The van der Waals surface area contributed by atoms with E-state index in [2.05, 4.69) is 11.0 Å². The van der Waals surface area contributed by atoms with Crippen LogP contribution in [0.5, 0.6) is 5.75 Å². The summed E-state index contributed by atoms with van der Waals surface area (Å²) < 4.78 is 11.5. The number of halogens is 1. The summed E-state index contributed by atoms with van der Waals surface area (Å²) in [5.41, 5.74) is 1.43. The second-order valence-electron chi connectivity index (χ2n) is 8.14. The standard InChI is InChI=1S/C23H29ClN2O3S/c1-17-21(16-29-20-7-5-19(24)6-8-20)30-22(25-17)23(27)9-3-11-26(12-10-23)14-18-4-2-13-28-15-18/h4-8,27H,2-3,9-16H2,1H3. The van der Waals surface area contributed by atoms with Crippen LogP contribution < -0.4 is 4.74 Å². The van der Waals surface area contributed by atoms with Gasteiger partial charge in [0, 0.05) is 18.1 Å². The molecule has 1 saturated heterocycles. The highest BCUT2D eigenvalue weighted by Crippen LogP contribution is 2.37. The van der Waals surface area contributed by atoms with Crippen LogP contribution in [0.4, 0.5) is 0 Å². The van der Waals surface area contributed by atoms with E-state index >= 15 is 0 Å². The van der Waals surface area contributed by atoms with Gasteiger partial charge < -0.3 is 14.6 Å². The van der Waals surface area contributed by atoms with Gasteiger partial charge in [-0.2, -0.15) is 0 Å². The summed E-state index contributed by atoms with van der Waals surface area (Å²) in [6.07, 6.45) is 5.71. The summed E-state index contributed by atoms with van der Waals surface area (Å²) in [6, 6.07) is 7.36. The monoisotopic (exact) mass is 448 g/mol. The quantitative estimate of drug-likeness (QED) is 0.649. The average molecular weight is 449 g/mol. The van der Waals surface area contributed by atoms with E-state index in [0.717, 1.165) is 73.4 Å². The molecule has 0 spiro atoms. The van der Waals surface area contributed by atoms with Crippen LogP contribution in [0.1, 0.15) is 41.3 Å². The third-order valence-corrected chi connectivity index (χ3v) is 7.37. The van der Waals surface area contributed by atoms with Gasteiger partial charge in [0.05, 0.1) is 23.8 Å². The van der Waals surface area contributed by atoms with Crippen molar-refractivity contribution in [3.05, 3.63) is 56.5 Å². The van der Waals surface area contributed by atoms with Crippen molar-refractivity contribution in [1.29, 1.82) is 0 Å². The average Bonchev–Trinajstić information content (AvgIpc) is 3.03. The van der Waals surface area contributed by atoms with Gasteiger partial charge in [0.15, 0.2) is 0 Å². The maximum absolute atomic E-state index is 11.4. The number of aryl methyl sites for hydroxylation is 1. The molecule has 1 unspecified atom stereocenters. The van der Waals surface area contributed by atoms with Crippen LogP contribution in [0.15, 0.2) is 35.9 Å². The lowest BCUT2D eigenvalue weighted by Crippen LogP contribution is -2.31. The Bertz CT molecular complexity index is 883. The summed E-state index contributed by atoms with van der Waals surface area (Å²) in [6.45, 7) is 6.80. The van der Waals surface area contributed by atoms with Gasteiger partial charge >= 0.3 is 0 Å². The molecule has 4 rings (SSSR count). The van der Waals surface area contributed by atoms with E-state index in [1.807, 2.05) is 31.2 Å². The zero-order valence-electron chi connectivity index (χ0n) is 17.4. The molecule has 1 N–H and O–H groups in total. The first-order chi connectivity index (χ1) is 14.5. The zero-order valence-corrected chi connectivity index (χ0v) is 19.0. The van der Waals surface area contributed by atoms with Crippen molar-refractivity contribution in [2.45, 2.75) is 44.8 Å². The molecule has 1 aromatic carbocycles. The maximum Gasteiger partial charge on any atom is 0.125 e. The number of aliphatic hydroxyl groups is 1. The molecule has 0 aliphatic carbocycles. The number of rotatable bonds is 6. The van der Waals surface area contributed by atoms with E-state index in [4.69, 9.17) is 26.1 Å². The Hall–Kier alpha value is -1.44. The zero-order chi connectivity index (χ0) is 21.0. The smallest absolute Gasteiger partial charge is 0.125 e. The molecule has 2 aliphatic heterocycles. The van der Waals surface area contributed by atoms with Gasteiger partial charge in [0.1, 0.15) is 23.0 Å². The van der Waals surface area contributed by atoms with E-state index in [0.29, 0.717) is 18.1 Å². The second-order valence-corrected chi connectivity index (χ2v) is 9.66. The predicted molar refractivity (Wildman–Crippen MR) is 120 cm³/mol. The Morgan fingerprint density at radius 3 is 2.87 bits per heavy atom. The number of hydrogen-bond donors (Lipinski definition) is 1. The van der Waals surface area contributed by atoms with E-state index in [1.54, 1.807) is 11.3 Å². The summed E-state index contributed by atoms with van der Waals surface area (Å²) in [5, 5.41) is 12.9. The van der Waals surface area contributed by atoms with E-state index in [9.17, 15) is 5.11 Å². The second kappa shape index (κ2) is 9.79. The van der Waals surface area contributed by atoms with Crippen LogP contribution in [-0.4, -0.2) is 47.8 Å². The highest BCUT2D eigenvalue weighted by molar-refractivity contribution is 7.11. The number of benzene rings is 1. The van der Waals surface area contributed by atoms with Crippen molar-refractivity contribution in [2.24, 2.45) is 0 Å². The fourth-order valence-electron chi connectivity index (χ4n) is 3.99. The van der Waals surface area contributed by atoms with Crippen molar-refractivity contribution in [2.75, 3.05) is 32.8 Å². The maximum atomic E-state index is 11.4. The molecule has 162 valence electrons. The van der Waals surface area contributed by atoms with Gasteiger partial charge in [-0.3, -0.25) is 4.90 Å². The highest BCUT2D eigenvalue weighted by Gasteiger charge is 2.35. The lowest BCUT2D eigenvalue weighted by Gasteiger charge is -2.26. The summed E-state index contributed by atoms with van der Waals surface area (Å²) >= 11 is 7.50. The van der Waals surface area contributed by atoms with Crippen molar-refractivity contribution in [3.8, 4) is 5.75 Å². The van der Waals surface area contributed by atoms with Crippen LogP contribution in [-0.2, 0) is 16.9 Å². The van der Waals surface area contributed by atoms with Crippen molar-refractivity contribution >= 4 is 22.9 Å². The molecular formula is C23H29ClN2O3S. The number of hydrogen-bond acceptors (Lipinski definition) is 6. The van der Waals surface area contributed by atoms with Gasteiger partial charge in [-0.05, 0) is 69.0 Å². The van der Waals surface area contributed by atoms with E-state index in [-0.39, 0.29) is 0 Å². The minimum absolute atomic E-state index is 0.446. The molecule has 2 aromatic rings. The van der Waals surface area contributed by atoms with Crippen molar-refractivity contribution < 1.29 is 14.6 Å². The van der Waals surface area contributed by atoms with Gasteiger partial charge in [0.2, 0.25) is 0 Å². The Balaban J connectivity index is 1.38. The predicted octanol–water partition coefficient (Wildman–Crippen LogP) is 4.70. The normalized spacial score (nSPS) is 23.1. The molecule has 1 fully saturated rings. The van der Waals surface area contributed by atoms with Crippen molar-refractivity contribution in [3.63, 3.8) is 0 Å². The molecule has 7 heteroatoms. The number of nitrogens with zero attached hydrogens (tertiary/aromatic N) is 2. The van der Waals surface area contributed by atoms with Crippen LogP contribution in [0.25, 0.3) is 0 Å². The molecular weight excluding hydrogens is 420 g/mol. The molecule has 30 heavy (non-hydrogen) atoms. The van der Waals surface area contributed by atoms with Crippen LogP contribution >= 0.6 is 22.9 Å². The lowest BCUT2D eigenvalue weighted by molar-refractivity contribution is 0.0210. The molecule has 1 atom stereocenters. The molecule has 3 heterocycles. The number of aromatic nitrogens is 1. The molecule has 0 amide bonds. The summed E-state index contributed by atoms with van der Waals surface area (Å²) in [4.78, 5) is 8.22. The van der Waals surface area contributed by atoms with Crippen LogP contribution in [0.3, 0.4) is 0 Å². The fraction of sp³-hybridized carbons (Fsp3) is 0.522. The first kappa shape index (κ1) is 21.8. The lowest BCUT2D eigenvalue weighted by atomic mass is 9.96. The molecule has 5 nitrogen and oxygen atoms in total. The first-order valence-corrected chi connectivity index (χ1v) is 11.8. The van der Waals surface area contributed by atoms with E-state index < -0.39 is 5.60 Å². The summed E-state index contributed by atoms with van der Waals surface area (Å²) in [7, 11) is 0. The minimum Gasteiger partial charge on any atom is -0.488 e. The summed E-state index contributed by atoms with van der Waals surface area (Å²) in [5.74, 6) is 0.776. The molecule has 0 radical (unpaired) electrons. The molecule has 0 bridgehead atoms. The van der Waals surface area contributed by atoms with Gasteiger partial charge in [-0.15, -0.1) is 11.3 Å². The van der Waals surface area contributed by atoms with Gasteiger partial charge in [-0.1, -0.05) is 17.7 Å². The van der Waals surface area contributed by atoms with Crippen LogP contribution in [0, 0.1) is 6.92 Å². The Morgan fingerprint density at radius 2 is 2.10 bits per heavy atom. The number of likely N-dealkylation sites (tertiary alicyclic amines) is 1. The van der Waals surface area contributed by atoms with Crippen molar-refractivity contribution in [1.82, 2.24) is 9.88 Å². The molecule has 1 aromatic heterocycles. The fourth-order valence-corrected chi connectivity index (χ4v) is 5.24. The van der Waals surface area contributed by atoms with Gasteiger partial charge in [0.25, 0.3) is 0 Å². The third-order valence-electron chi connectivity index (χ3n) is 5.79. The van der Waals surface area contributed by atoms with E-state index in [1.165, 1.54) is 5.57 Å². The Labute approximate surface area is 187 Å². The topological polar surface area (TPSA) is 54.8 Å². The Kier molecular flexibility index (Phi) is 7.11. The highest BCUT2D eigenvalue weighted by atomic mass is 35.5. The number of thiazole rings is 1. The largest absolute Gasteiger partial charge is 0.488 e. The minimum atomic E-state index is -0.861. The third kappa shape index (κ3) is 5.42. The number of ether oxygens (including phenoxy) is 2.